The van der Waals surface area contributed by atoms with Crippen LogP contribution in [0.2, 0.25) is 0 Å². The lowest BCUT2D eigenvalue weighted by Gasteiger charge is -2.03. The SMILES string of the molecule is Cc1cccc(NC(=O)c2ccn[nH]2)c1. The molecule has 76 valence electrons. The van der Waals surface area contributed by atoms with Crippen molar-refractivity contribution < 1.29 is 4.79 Å². The Hall–Kier alpha value is -2.10. The van der Waals surface area contributed by atoms with E-state index in [1.807, 2.05) is 31.2 Å². The number of benzene rings is 1. The fourth-order valence-corrected chi connectivity index (χ4v) is 1.30. The molecule has 0 aliphatic heterocycles. The van der Waals surface area contributed by atoms with Crippen molar-refractivity contribution in [3.63, 3.8) is 0 Å². The number of aryl methyl sites for hydroxylation is 1. The molecule has 1 amide bonds. The maximum Gasteiger partial charge on any atom is 0.273 e. The second-order valence-corrected chi connectivity index (χ2v) is 3.29. The lowest BCUT2D eigenvalue weighted by atomic mass is 10.2. The highest BCUT2D eigenvalue weighted by molar-refractivity contribution is 6.02. The van der Waals surface area contributed by atoms with E-state index in [0.717, 1.165) is 11.3 Å². The van der Waals surface area contributed by atoms with E-state index in [1.165, 1.54) is 0 Å². The number of rotatable bonds is 2. The zero-order valence-corrected chi connectivity index (χ0v) is 8.32. The van der Waals surface area contributed by atoms with Gasteiger partial charge in [-0.15, -0.1) is 0 Å². The highest BCUT2D eigenvalue weighted by atomic mass is 16.1. The number of nitrogens with one attached hydrogen (secondary N) is 2. The topological polar surface area (TPSA) is 57.8 Å². The van der Waals surface area contributed by atoms with Gasteiger partial charge in [-0.05, 0) is 30.7 Å². The zero-order valence-electron chi connectivity index (χ0n) is 8.32. The monoisotopic (exact) mass is 201 g/mol. The van der Waals surface area contributed by atoms with Gasteiger partial charge in [0.05, 0.1) is 0 Å². The number of carbonyl (C=O) groups excluding carboxylic acids is 1. The number of hydrogen-bond acceptors (Lipinski definition) is 2. The second kappa shape index (κ2) is 3.96. The number of anilines is 1. The molecule has 0 aliphatic rings. The van der Waals surface area contributed by atoms with Crippen LogP contribution in [0.15, 0.2) is 36.5 Å². The van der Waals surface area contributed by atoms with Gasteiger partial charge in [-0.2, -0.15) is 5.10 Å². The van der Waals surface area contributed by atoms with E-state index in [9.17, 15) is 4.79 Å². The first-order valence-electron chi connectivity index (χ1n) is 4.63. The summed E-state index contributed by atoms with van der Waals surface area (Å²) in [5.74, 6) is -0.182. The molecule has 0 atom stereocenters. The Morgan fingerprint density at radius 2 is 2.27 bits per heavy atom. The van der Waals surface area contributed by atoms with Crippen molar-refractivity contribution in [2.75, 3.05) is 5.32 Å². The minimum Gasteiger partial charge on any atom is -0.321 e. The van der Waals surface area contributed by atoms with Crippen molar-refractivity contribution >= 4 is 11.6 Å². The highest BCUT2D eigenvalue weighted by Gasteiger charge is 2.06. The summed E-state index contributed by atoms with van der Waals surface area (Å²) < 4.78 is 0. The number of hydrogen-bond donors (Lipinski definition) is 2. The number of aromatic nitrogens is 2. The normalized spacial score (nSPS) is 9.93. The van der Waals surface area contributed by atoms with Gasteiger partial charge in [-0.3, -0.25) is 9.89 Å². The van der Waals surface area contributed by atoms with Crippen molar-refractivity contribution in [3.05, 3.63) is 47.8 Å². The number of H-pyrrole nitrogens is 1. The molecule has 2 rings (SSSR count). The van der Waals surface area contributed by atoms with Crippen LogP contribution in [0.25, 0.3) is 0 Å². The molecule has 0 spiro atoms. The number of aromatic amines is 1. The molecule has 0 aliphatic carbocycles. The Morgan fingerprint density at radius 3 is 2.93 bits per heavy atom. The fraction of sp³-hybridized carbons (Fsp3) is 0.0909. The lowest BCUT2D eigenvalue weighted by Crippen LogP contribution is -2.12. The van der Waals surface area contributed by atoms with Crippen molar-refractivity contribution in [1.29, 1.82) is 0 Å². The first-order valence-corrected chi connectivity index (χ1v) is 4.63. The third kappa shape index (κ3) is 2.22. The third-order valence-electron chi connectivity index (χ3n) is 2.02. The molecule has 1 aromatic carbocycles. The van der Waals surface area contributed by atoms with Crippen LogP contribution in [-0.2, 0) is 0 Å². The van der Waals surface area contributed by atoms with E-state index in [4.69, 9.17) is 0 Å². The van der Waals surface area contributed by atoms with Gasteiger partial charge in [0.25, 0.3) is 5.91 Å². The third-order valence-corrected chi connectivity index (χ3v) is 2.02. The average molecular weight is 201 g/mol. The standard InChI is InChI=1S/C11H11N3O/c1-8-3-2-4-9(7-8)13-11(15)10-5-6-12-14-10/h2-7H,1H3,(H,12,14)(H,13,15). The predicted octanol–water partition coefficient (Wildman–Crippen LogP) is 1.97. The van der Waals surface area contributed by atoms with Gasteiger partial charge < -0.3 is 5.32 Å². The molecule has 0 saturated heterocycles. The highest BCUT2D eigenvalue weighted by Crippen LogP contribution is 2.10. The lowest BCUT2D eigenvalue weighted by molar-refractivity contribution is 0.102. The largest absolute Gasteiger partial charge is 0.321 e. The molecule has 0 saturated carbocycles. The Bertz CT molecular complexity index is 462. The van der Waals surface area contributed by atoms with Gasteiger partial charge in [-0.25, -0.2) is 0 Å². The minimum absolute atomic E-state index is 0.182. The molecule has 4 heteroatoms. The molecule has 0 radical (unpaired) electrons. The number of nitrogens with zero attached hydrogens (tertiary/aromatic N) is 1. The first-order chi connectivity index (χ1) is 7.25. The van der Waals surface area contributed by atoms with Gasteiger partial charge in [0, 0.05) is 11.9 Å². The molecule has 2 N–H and O–H groups in total. The van der Waals surface area contributed by atoms with Crippen LogP contribution in [0, 0.1) is 6.92 Å². The predicted molar refractivity (Wildman–Crippen MR) is 57.7 cm³/mol. The first kappa shape index (κ1) is 9.45. The van der Waals surface area contributed by atoms with Crippen molar-refractivity contribution in [1.82, 2.24) is 10.2 Å². The maximum absolute atomic E-state index is 11.6. The van der Waals surface area contributed by atoms with Crippen LogP contribution >= 0.6 is 0 Å². The Kier molecular flexibility index (Phi) is 2.49. The summed E-state index contributed by atoms with van der Waals surface area (Å²) >= 11 is 0. The smallest absolute Gasteiger partial charge is 0.273 e. The molecule has 0 fully saturated rings. The van der Waals surface area contributed by atoms with Gasteiger partial charge in [0.15, 0.2) is 0 Å². The van der Waals surface area contributed by atoms with Gasteiger partial charge in [0.1, 0.15) is 5.69 Å². The van der Waals surface area contributed by atoms with E-state index in [0.29, 0.717) is 5.69 Å². The molecule has 4 nitrogen and oxygen atoms in total. The maximum atomic E-state index is 11.6. The second-order valence-electron chi connectivity index (χ2n) is 3.29. The van der Waals surface area contributed by atoms with Gasteiger partial charge in [-0.1, -0.05) is 12.1 Å². The molecule has 0 unspecified atom stereocenters. The van der Waals surface area contributed by atoms with Gasteiger partial charge >= 0.3 is 0 Å². The average Bonchev–Trinajstić information content (AvgIpc) is 2.70. The van der Waals surface area contributed by atoms with E-state index < -0.39 is 0 Å². The Balaban J connectivity index is 2.13. The van der Waals surface area contributed by atoms with Gasteiger partial charge in [0.2, 0.25) is 0 Å². The van der Waals surface area contributed by atoms with E-state index in [-0.39, 0.29) is 5.91 Å². The van der Waals surface area contributed by atoms with Crippen LogP contribution in [0.1, 0.15) is 16.1 Å². The molecular formula is C11H11N3O. The number of carbonyl (C=O) groups is 1. The summed E-state index contributed by atoms with van der Waals surface area (Å²) in [6.45, 7) is 1.98. The summed E-state index contributed by atoms with van der Waals surface area (Å²) in [5, 5.41) is 9.10. The van der Waals surface area contributed by atoms with Crippen LogP contribution < -0.4 is 5.32 Å². The molecule has 0 bridgehead atoms. The van der Waals surface area contributed by atoms with E-state index in [1.54, 1.807) is 12.3 Å². The van der Waals surface area contributed by atoms with Crippen LogP contribution in [0.5, 0.6) is 0 Å². The van der Waals surface area contributed by atoms with Crippen molar-refractivity contribution in [3.8, 4) is 0 Å². The molecule has 15 heavy (non-hydrogen) atoms. The molecule has 2 aromatic rings. The zero-order chi connectivity index (χ0) is 10.7. The quantitative estimate of drug-likeness (QED) is 0.780. The Labute approximate surface area is 87.3 Å². The summed E-state index contributed by atoms with van der Waals surface area (Å²) in [7, 11) is 0. The minimum atomic E-state index is -0.182. The van der Waals surface area contributed by atoms with Crippen molar-refractivity contribution in [2.45, 2.75) is 6.92 Å². The summed E-state index contributed by atoms with van der Waals surface area (Å²) in [6.07, 6.45) is 1.55. The van der Waals surface area contributed by atoms with Crippen LogP contribution in [-0.4, -0.2) is 16.1 Å². The Morgan fingerprint density at radius 1 is 1.40 bits per heavy atom. The van der Waals surface area contributed by atoms with E-state index >= 15 is 0 Å². The van der Waals surface area contributed by atoms with Crippen LogP contribution in [0.4, 0.5) is 5.69 Å². The summed E-state index contributed by atoms with van der Waals surface area (Å²) in [6, 6.07) is 9.27. The van der Waals surface area contributed by atoms with E-state index in [2.05, 4.69) is 15.5 Å². The van der Waals surface area contributed by atoms with Crippen LogP contribution in [0.3, 0.4) is 0 Å². The fourth-order valence-electron chi connectivity index (χ4n) is 1.30. The summed E-state index contributed by atoms with van der Waals surface area (Å²) in [5.41, 5.74) is 2.35. The molecule has 1 aromatic heterocycles. The van der Waals surface area contributed by atoms with Crippen molar-refractivity contribution in [2.24, 2.45) is 0 Å². The summed E-state index contributed by atoms with van der Waals surface area (Å²) in [4.78, 5) is 11.6. The molecule has 1 heterocycles. The number of amides is 1. The molecular weight excluding hydrogens is 190 g/mol.